The van der Waals surface area contributed by atoms with Gasteiger partial charge in [-0.3, -0.25) is 0 Å². The fourth-order valence-electron chi connectivity index (χ4n) is 1.75. The van der Waals surface area contributed by atoms with Crippen molar-refractivity contribution in [3.63, 3.8) is 0 Å². The molecule has 1 unspecified atom stereocenters. The average Bonchev–Trinajstić information content (AvgIpc) is 2.43. The van der Waals surface area contributed by atoms with Gasteiger partial charge in [-0.25, -0.2) is 0 Å². The summed E-state index contributed by atoms with van der Waals surface area (Å²) in [4.78, 5) is 9.49. The molecule has 2 aliphatic rings. The van der Waals surface area contributed by atoms with Crippen LogP contribution in [0.3, 0.4) is 0 Å². The maximum Gasteiger partial charge on any atom is 0.245 e. The molecule has 64 valence electrons. The monoisotopic (exact) mass is 210 g/mol. The SMILES string of the molecule is OP1(=S)OCC2(CCCC2)S1. The van der Waals surface area contributed by atoms with Crippen molar-refractivity contribution in [2.75, 3.05) is 6.61 Å². The fraction of sp³-hybridized carbons (Fsp3) is 1.00. The van der Waals surface area contributed by atoms with E-state index in [0.29, 0.717) is 6.61 Å². The summed E-state index contributed by atoms with van der Waals surface area (Å²) in [5.41, 5.74) is -2.41. The molecule has 1 saturated carbocycles. The van der Waals surface area contributed by atoms with Crippen LogP contribution in [0.15, 0.2) is 0 Å². The van der Waals surface area contributed by atoms with Gasteiger partial charge >= 0.3 is 0 Å². The molecular formula is C6H11O2PS2. The van der Waals surface area contributed by atoms with E-state index in [1.807, 2.05) is 0 Å². The van der Waals surface area contributed by atoms with Crippen molar-refractivity contribution in [2.45, 2.75) is 30.4 Å². The second-order valence-corrected chi connectivity index (χ2v) is 9.68. The molecular weight excluding hydrogens is 199 g/mol. The largest absolute Gasteiger partial charge is 0.337 e. The Hall–Kier alpha value is 0.920. The molecule has 1 aliphatic carbocycles. The summed E-state index contributed by atoms with van der Waals surface area (Å²) in [6.07, 6.45) is 4.89. The van der Waals surface area contributed by atoms with E-state index in [1.54, 1.807) is 0 Å². The highest BCUT2D eigenvalue weighted by Gasteiger charge is 2.46. The lowest BCUT2D eigenvalue weighted by molar-refractivity contribution is 0.292. The minimum Gasteiger partial charge on any atom is -0.337 e. The Morgan fingerprint density at radius 2 is 2.09 bits per heavy atom. The zero-order chi connectivity index (χ0) is 7.95. The molecule has 1 saturated heterocycles. The topological polar surface area (TPSA) is 29.5 Å². The zero-order valence-corrected chi connectivity index (χ0v) is 8.68. The van der Waals surface area contributed by atoms with E-state index in [1.165, 1.54) is 37.1 Å². The molecule has 0 aromatic carbocycles. The first-order valence-electron chi connectivity index (χ1n) is 3.80. The van der Waals surface area contributed by atoms with E-state index in [0.717, 1.165) is 0 Å². The molecule has 1 N–H and O–H groups in total. The lowest BCUT2D eigenvalue weighted by Gasteiger charge is -2.17. The summed E-state index contributed by atoms with van der Waals surface area (Å²) in [5.74, 6) is 0. The van der Waals surface area contributed by atoms with Gasteiger partial charge in [-0.2, -0.15) is 0 Å². The molecule has 11 heavy (non-hydrogen) atoms. The van der Waals surface area contributed by atoms with Crippen LogP contribution in [-0.4, -0.2) is 16.2 Å². The van der Waals surface area contributed by atoms with Crippen LogP contribution < -0.4 is 0 Å². The van der Waals surface area contributed by atoms with Gasteiger partial charge in [0.05, 0.1) is 6.61 Å². The molecule has 5 heteroatoms. The Kier molecular flexibility index (Phi) is 2.10. The van der Waals surface area contributed by atoms with Crippen molar-refractivity contribution in [2.24, 2.45) is 0 Å². The first-order chi connectivity index (χ1) is 5.12. The quantitative estimate of drug-likeness (QED) is 0.621. The van der Waals surface area contributed by atoms with Crippen LogP contribution in [0.2, 0.25) is 0 Å². The van der Waals surface area contributed by atoms with E-state index >= 15 is 0 Å². The summed E-state index contributed by atoms with van der Waals surface area (Å²) < 4.78 is 5.44. The number of rotatable bonds is 0. The van der Waals surface area contributed by atoms with Crippen LogP contribution in [0.1, 0.15) is 25.7 Å². The minimum atomic E-state index is -2.41. The van der Waals surface area contributed by atoms with E-state index in [2.05, 4.69) is 0 Å². The lowest BCUT2D eigenvalue weighted by Crippen LogP contribution is -2.19. The molecule has 1 aliphatic heterocycles. The van der Waals surface area contributed by atoms with Gasteiger partial charge in [0.25, 0.3) is 0 Å². The third kappa shape index (κ3) is 1.65. The molecule has 2 rings (SSSR count). The predicted molar refractivity (Wildman–Crippen MR) is 51.2 cm³/mol. The molecule has 2 nitrogen and oxygen atoms in total. The second kappa shape index (κ2) is 2.71. The van der Waals surface area contributed by atoms with Crippen LogP contribution in [0, 0.1) is 0 Å². The van der Waals surface area contributed by atoms with Crippen LogP contribution in [-0.2, 0) is 16.3 Å². The van der Waals surface area contributed by atoms with Gasteiger partial charge in [0.2, 0.25) is 5.69 Å². The number of hydrogen-bond donors (Lipinski definition) is 1. The van der Waals surface area contributed by atoms with E-state index in [4.69, 9.17) is 16.3 Å². The molecule has 0 radical (unpaired) electrons. The third-order valence-electron chi connectivity index (χ3n) is 2.31. The highest BCUT2D eigenvalue weighted by Crippen LogP contribution is 2.70. The fourth-order valence-corrected chi connectivity index (χ4v) is 7.45. The molecule has 0 aromatic heterocycles. The Balaban J connectivity index is 2.13. The van der Waals surface area contributed by atoms with Gasteiger partial charge < -0.3 is 9.42 Å². The van der Waals surface area contributed by atoms with Crippen LogP contribution >= 0.6 is 17.1 Å². The maximum atomic E-state index is 9.49. The molecule has 1 heterocycles. The zero-order valence-electron chi connectivity index (χ0n) is 6.15. The van der Waals surface area contributed by atoms with Crippen molar-refractivity contribution in [1.29, 1.82) is 0 Å². The van der Waals surface area contributed by atoms with Crippen LogP contribution in [0.5, 0.6) is 0 Å². The van der Waals surface area contributed by atoms with Gasteiger partial charge in [-0.15, -0.1) is 0 Å². The van der Waals surface area contributed by atoms with Crippen molar-refractivity contribution in [1.82, 2.24) is 0 Å². The van der Waals surface area contributed by atoms with Gasteiger partial charge in [-0.05, 0) is 24.6 Å². The van der Waals surface area contributed by atoms with E-state index in [-0.39, 0.29) is 4.75 Å². The van der Waals surface area contributed by atoms with Crippen LogP contribution in [0.25, 0.3) is 0 Å². The summed E-state index contributed by atoms with van der Waals surface area (Å²) >= 11 is 6.46. The summed E-state index contributed by atoms with van der Waals surface area (Å²) in [7, 11) is 0. The minimum absolute atomic E-state index is 0.213. The van der Waals surface area contributed by atoms with Crippen molar-refractivity contribution in [3.8, 4) is 0 Å². The Morgan fingerprint density at radius 1 is 1.45 bits per heavy atom. The standard InChI is InChI=1S/C6H11O2PS2/c7-9(10)8-5-6(11-9)3-1-2-4-6/h1-5H2,(H,7,10). The first-order valence-corrected chi connectivity index (χ1v) is 7.90. The van der Waals surface area contributed by atoms with Gasteiger partial charge in [0, 0.05) is 4.75 Å². The maximum absolute atomic E-state index is 9.49. The molecule has 0 bridgehead atoms. The predicted octanol–water partition coefficient (Wildman–Crippen LogP) is 2.28. The Morgan fingerprint density at radius 3 is 2.55 bits per heavy atom. The average molecular weight is 210 g/mol. The highest BCUT2D eigenvalue weighted by molar-refractivity contribution is 8.68. The first kappa shape index (κ1) is 8.52. The molecule has 1 spiro atoms. The molecule has 0 amide bonds. The highest BCUT2D eigenvalue weighted by atomic mass is 32.9. The van der Waals surface area contributed by atoms with Gasteiger partial charge in [-0.1, -0.05) is 24.2 Å². The Bertz CT molecular complexity index is 213. The van der Waals surface area contributed by atoms with Crippen molar-refractivity contribution in [3.05, 3.63) is 0 Å². The summed E-state index contributed by atoms with van der Waals surface area (Å²) in [6, 6.07) is 0. The third-order valence-corrected chi connectivity index (χ3v) is 7.07. The van der Waals surface area contributed by atoms with Crippen molar-refractivity contribution >= 4 is 28.9 Å². The van der Waals surface area contributed by atoms with E-state index in [9.17, 15) is 4.89 Å². The van der Waals surface area contributed by atoms with Crippen LogP contribution in [0.4, 0.5) is 0 Å². The van der Waals surface area contributed by atoms with Crippen molar-refractivity contribution < 1.29 is 9.42 Å². The summed E-state index contributed by atoms with van der Waals surface area (Å²) in [5, 5.41) is 0. The Labute approximate surface area is 75.6 Å². The van der Waals surface area contributed by atoms with E-state index < -0.39 is 5.69 Å². The molecule has 0 aromatic rings. The lowest BCUT2D eigenvalue weighted by atomic mass is 10.1. The molecule has 2 fully saturated rings. The second-order valence-electron chi connectivity index (χ2n) is 3.22. The number of hydrogen-bond acceptors (Lipinski definition) is 3. The summed E-state index contributed by atoms with van der Waals surface area (Å²) in [6.45, 7) is 0.686. The van der Waals surface area contributed by atoms with Gasteiger partial charge in [0.1, 0.15) is 0 Å². The van der Waals surface area contributed by atoms with Gasteiger partial charge in [0.15, 0.2) is 0 Å². The smallest absolute Gasteiger partial charge is 0.245 e. The molecule has 1 atom stereocenters. The normalized spacial score (nSPS) is 41.9.